The molecule has 0 saturated carbocycles. The Morgan fingerprint density at radius 2 is 1.60 bits per heavy atom. The first kappa shape index (κ1) is 12.5. The van der Waals surface area contributed by atoms with Gasteiger partial charge < -0.3 is 4.74 Å². The molecule has 3 rings (SSSR count). The zero-order valence-corrected chi connectivity index (χ0v) is 11.0. The van der Waals surface area contributed by atoms with E-state index in [0.717, 1.165) is 11.1 Å². The molecule has 1 unspecified atom stereocenters. The molecule has 0 bridgehead atoms. The van der Waals surface area contributed by atoms with Crippen LogP contribution in [-0.2, 0) is 11.3 Å². The van der Waals surface area contributed by atoms with Gasteiger partial charge in [0, 0.05) is 0 Å². The van der Waals surface area contributed by atoms with Crippen LogP contribution in [0.15, 0.2) is 72.9 Å². The third-order valence-corrected chi connectivity index (χ3v) is 3.37. The molecule has 2 aromatic rings. The largest absolute Gasteiger partial charge is 0.434 e. The van der Waals surface area contributed by atoms with Gasteiger partial charge in [0.1, 0.15) is 0 Å². The van der Waals surface area contributed by atoms with Crippen LogP contribution in [0.5, 0.6) is 0 Å². The van der Waals surface area contributed by atoms with Gasteiger partial charge in [-0.3, -0.25) is 4.90 Å². The van der Waals surface area contributed by atoms with Gasteiger partial charge in [-0.1, -0.05) is 67.2 Å². The van der Waals surface area contributed by atoms with E-state index in [1.165, 1.54) is 0 Å². The van der Waals surface area contributed by atoms with Crippen LogP contribution in [0.4, 0.5) is 4.79 Å². The Labute approximate surface area is 118 Å². The summed E-state index contributed by atoms with van der Waals surface area (Å²) < 4.78 is 5.43. The van der Waals surface area contributed by atoms with Gasteiger partial charge in [0.15, 0.2) is 6.10 Å². The number of ether oxygens (including phenoxy) is 1. The Bertz CT molecular complexity index is 622. The first-order valence-electron chi connectivity index (χ1n) is 6.51. The van der Waals surface area contributed by atoms with Crippen molar-refractivity contribution in [1.29, 1.82) is 0 Å². The lowest BCUT2D eigenvalue weighted by Gasteiger charge is -2.15. The van der Waals surface area contributed by atoms with Crippen molar-refractivity contribution in [1.82, 2.24) is 4.90 Å². The number of hydrogen-bond acceptors (Lipinski definition) is 2. The summed E-state index contributed by atoms with van der Waals surface area (Å²) in [4.78, 5) is 13.6. The molecule has 3 heteroatoms. The SMILES string of the molecule is C=C1C(c2ccccc2)OC(=O)N1Cc1ccccc1. The maximum atomic E-state index is 12.0. The summed E-state index contributed by atoms with van der Waals surface area (Å²) in [6.45, 7) is 4.51. The van der Waals surface area contributed by atoms with Gasteiger partial charge in [-0.2, -0.15) is 0 Å². The van der Waals surface area contributed by atoms with Crippen LogP contribution in [0.3, 0.4) is 0 Å². The molecule has 20 heavy (non-hydrogen) atoms. The van der Waals surface area contributed by atoms with Crippen LogP contribution in [-0.4, -0.2) is 11.0 Å². The van der Waals surface area contributed by atoms with Crippen LogP contribution in [0, 0.1) is 0 Å². The Balaban J connectivity index is 1.81. The standard InChI is InChI=1S/C17H15NO2/c1-13-16(15-10-6-3-7-11-15)20-17(19)18(13)12-14-8-4-2-5-9-14/h2-11,16H,1,12H2. The molecule has 2 aromatic carbocycles. The van der Waals surface area contributed by atoms with Gasteiger partial charge in [0.25, 0.3) is 0 Å². The molecule has 1 aliphatic rings. The second-order valence-corrected chi connectivity index (χ2v) is 4.74. The van der Waals surface area contributed by atoms with Crippen molar-refractivity contribution < 1.29 is 9.53 Å². The predicted molar refractivity (Wildman–Crippen MR) is 76.8 cm³/mol. The smallest absolute Gasteiger partial charge is 0.415 e. The first-order chi connectivity index (χ1) is 9.75. The average molecular weight is 265 g/mol. The maximum Gasteiger partial charge on any atom is 0.415 e. The van der Waals surface area contributed by atoms with Gasteiger partial charge in [-0.25, -0.2) is 4.79 Å². The lowest BCUT2D eigenvalue weighted by molar-refractivity contribution is 0.133. The molecule has 0 radical (unpaired) electrons. The number of carbonyl (C=O) groups excluding carboxylic acids is 1. The van der Waals surface area contributed by atoms with Gasteiger partial charge in [-0.05, 0) is 11.1 Å². The van der Waals surface area contributed by atoms with Crippen molar-refractivity contribution in [2.45, 2.75) is 12.6 Å². The van der Waals surface area contributed by atoms with Crippen LogP contribution in [0.2, 0.25) is 0 Å². The monoisotopic (exact) mass is 265 g/mol. The van der Waals surface area contributed by atoms with E-state index < -0.39 is 0 Å². The van der Waals surface area contributed by atoms with Crippen molar-refractivity contribution in [3.05, 3.63) is 84.1 Å². The predicted octanol–water partition coefficient (Wildman–Crippen LogP) is 3.89. The van der Waals surface area contributed by atoms with E-state index in [1.54, 1.807) is 4.90 Å². The third kappa shape index (κ3) is 2.30. The lowest BCUT2D eigenvalue weighted by Crippen LogP contribution is -2.21. The fraction of sp³-hybridized carbons (Fsp3) is 0.118. The quantitative estimate of drug-likeness (QED) is 0.842. The summed E-state index contributed by atoms with van der Waals surface area (Å²) in [7, 11) is 0. The van der Waals surface area contributed by atoms with E-state index in [1.807, 2.05) is 60.7 Å². The summed E-state index contributed by atoms with van der Waals surface area (Å²) in [5.41, 5.74) is 2.69. The highest BCUT2D eigenvalue weighted by molar-refractivity contribution is 5.74. The van der Waals surface area contributed by atoms with Crippen LogP contribution < -0.4 is 0 Å². The Morgan fingerprint density at radius 3 is 2.25 bits per heavy atom. The van der Waals surface area contributed by atoms with Crippen LogP contribution in [0.1, 0.15) is 17.2 Å². The number of nitrogens with zero attached hydrogens (tertiary/aromatic N) is 1. The number of amides is 1. The number of benzene rings is 2. The molecular formula is C17H15NO2. The minimum Gasteiger partial charge on any atom is -0.434 e. The Hall–Kier alpha value is -2.55. The van der Waals surface area contributed by atoms with Crippen molar-refractivity contribution in [3.8, 4) is 0 Å². The minimum atomic E-state index is -0.382. The summed E-state index contributed by atoms with van der Waals surface area (Å²) in [6, 6.07) is 19.5. The normalized spacial score (nSPS) is 18.2. The Morgan fingerprint density at radius 1 is 1.00 bits per heavy atom. The third-order valence-electron chi connectivity index (χ3n) is 3.37. The molecule has 1 aliphatic heterocycles. The topological polar surface area (TPSA) is 29.5 Å². The second kappa shape index (κ2) is 5.21. The highest BCUT2D eigenvalue weighted by atomic mass is 16.6. The highest BCUT2D eigenvalue weighted by Crippen LogP contribution is 2.35. The van der Waals surface area contributed by atoms with E-state index in [2.05, 4.69) is 6.58 Å². The summed E-state index contributed by atoms with van der Waals surface area (Å²) in [5, 5.41) is 0. The molecule has 0 aliphatic carbocycles. The zero-order chi connectivity index (χ0) is 13.9. The van der Waals surface area contributed by atoms with Gasteiger partial charge in [0.2, 0.25) is 0 Å². The Kier molecular flexibility index (Phi) is 3.25. The molecule has 0 aromatic heterocycles. The van der Waals surface area contributed by atoms with E-state index in [9.17, 15) is 4.79 Å². The molecule has 1 heterocycles. The number of cyclic esters (lactones) is 1. The van der Waals surface area contributed by atoms with Crippen molar-refractivity contribution >= 4 is 6.09 Å². The molecule has 100 valence electrons. The number of carbonyl (C=O) groups is 1. The summed E-state index contributed by atoms with van der Waals surface area (Å²) >= 11 is 0. The molecule has 0 spiro atoms. The second-order valence-electron chi connectivity index (χ2n) is 4.74. The van der Waals surface area contributed by atoms with Crippen molar-refractivity contribution in [2.24, 2.45) is 0 Å². The molecule has 1 saturated heterocycles. The average Bonchev–Trinajstić information content (AvgIpc) is 2.77. The van der Waals surface area contributed by atoms with E-state index in [0.29, 0.717) is 12.2 Å². The fourth-order valence-corrected chi connectivity index (χ4v) is 2.31. The van der Waals surface area contributed by atoms with Crippen molar-refractivity contribution in [2.75, 3.05) is 0 Å². The van der Waals surface area contributed by atoms with Crippen LogP contribution >= 0.6 is 0 Å². The van der Waals surface area contributed by atoms with Gasteiger partial charge >= 0.3 is 6.09 Å². The minimum absolute atomic E-state index is 0.340. The molecule has 1 fully saturated rings. The molecule has 0 N–H and O–H groups in total. The van der Waals surface area contributed by atoms with Crippen molar-refractivity contribution in [3.63, 3.8) is 0 Å². The molecule has 3 nitrogen and oxygen atoms in total. The molecular weight excluding hydrogens is 250 g/mol. The number of hydrogen-bond donors (Lipinski definition) is 0. The molecule has 1 atom stereocenters. The van der Waals surface area contributed by atoms with E-state index in [4.69, 9.17) is 4.74 Å². The van der Waals surface area contributed by atoms with Gasteiger partial charge in [0.05, 0.1) is 12.2 Å². The van der Waals surface area contributed by atoms with Crippen LogP contribution in [0.25, 0.3) is 0 Å². The van der Waals surface area contributed by atoms with E-state index >= 15 is 0 Å². The highest BCUT2D eigenvalue weighted by Gasteiger charge is 2.36. The molecule has 1 amide bonds. The summed E-state index contributed by atoms with van der Waals surface area (Å²) in [5.74, 6) is 0. The fourth-order valence-electron chi connectivity index (χ4n) is 2.31. The van der Waals surface area contributed by atoms with Gasteiger partial charge in [-0.15, -0.1) is 0 Å². The lowest BCUT2D eigenvalue weighted by atomic mass is 10.1. The number of rotatable bonds is 3. The first-order valence-corrected chi connectivity index (χ1v) is 6.51. The zero-order valence-electron chi connectivity index (χ0n) is 11.0. The maximum absolute atomic E-state index is 12.0. The summed E-state index contributed by atoms with van der Waals surface area (Å²) in [6.07, 6.45) is -0.722. The van der Waals surface area contributed by atoms with E-state index in [-0.39, 0.29) is 12.2 Å².